The third-order valence-corrected chi connectivity index (χ3v) is 3.64. The SMILES string of the molecule is C.C.C.C=C/C=C/C(C)(c1ccccc1)c1ccccc1C. The Kier molecular flexibility index (Phi) is 9.87. The van der Waals surface area contributed by atoms with Crippen LogP contribution in [0.25, 0.3) is 0 Å². The molecular weight excluding hydrogens is 264 g/mol. The van der Waals surface area contributed by atoms with Crippen LogP contribution in [0.15, 0.2) is 79.4 Å². The van der Waals surface area contributed by atoms with Gasteiger partial charge in [-0.05, 0) is 30.5 Å². The van der Waals surface area contributed by atoms with Crippen LogP contribution in [0, 0.1) is 6.92 Å². The van der Waals surface area contributed by atoms with Crippen LogP contribution in [-0.4, -0.2) is 0 Å². The zero-order valence-corrected chi connectivity index (χ0v) is 11.6. The summed E-state index contributed by atoms with van der Waals surface area (Å²) in [7, 11) is 0. The first-order valence-corrected chi connectivity index (χ1v) is 6.60. The van der Waals surface area contributed by atoms with E-state index < -0.39 is 0 Å². The Morgan fingerprint density at radius 1 is 0.864 bits per heavy atom. The average Bonchev–Trinajstić information content (AvgIpc) is 2.46. The predicted octanol–water partition coefficient (Wildman–Crippen LogP) is 6.95. The van der Waals surface area contributed by atoms with E-state index >= 15 is 0 Å². The third-order valence-electron chi connectivity index (χ3n) is 3.64. The fourth-order valence-corrected chi connectivity index (χ4v) is 2.54. The van der Waals surface area contributed by atoms with Crippen molar-refractivity contribution in [2.75, 3.05) is 0 Å². The molecule has 0 radical (unpaired) electrons. The molecule has 2 aromatic carbocycles. The maximum absolute atomic E-state index is 3.79. The van der Waals surface area contributed by atoms with Crippen molar-refractivity contribution >= 4 is 0 Å². The fourth-order valence-electron chi connectivity index (χ4n) is 2.54. The Morgan fingerprint density at radius 3 is 1.95 bits per heavy atom. The van der Waals surface area contributed by atoms with Gasteiger partial charge >= 0.3 is 0 Å². The number of hydrogen-bond acceptors (Lipinski definition) is 0. The molecule has 0 aliphatic carbocycles. The first-order chi connectivity index (χ1) is 9.18. The van der Waals surface area contributed by atoms with Crippen LogP contribution in [0.5, 0.6) is 0 Å². The summed E-state index contributed by atoms with van der Waals surface area (Å²) in [6, 6.07) is 19.2. The normalized spacial score (nSPS) is 12.3. The van der Waals surface area contributed by atoms with Crippen molar-refractivity contribution in [3.8, 4) is 0 Å². The van der Waals surface area contributed by atoms with E-state index in [4.69, 9.17) is 0 Å². The second-order valence-corrected chi connectivity index (χ2v) is 4.98. The fraction of sp³-hybridized carbons (Fsp3) is 0.273. The molecule has 2 rings (SSSR count). The zero-order valence-electron chi connectivity index (χ0n) is 11.6. The molecule has 0 amide bonds. The van der Waals surface area contributed by atoms with Gasteiger partial charge in [-0.1, -0.05) is 102 Å². The highest BCUT2D eigenvalue weighted by atomic mass is 14.3. The molecule has 0 nitrogen and oxygen atoms in total. The number of benzene rings is 2. The topological polar surface area (TPSA) is 0 Å². The van der Waals surface area contributed by atoms with E-state index in [0.29, 0.717) is 0 Å². The van der Waals surface area contributed by atoms with Crippen molar-refractivity contribution in [3.63, 3.8) is 0 Å². The Bertz CT molecular complexity index is 578. The molecule has 1 unspecified atom stereocenters. The molecular formula is C22H32. The van der Waals surface area contributed by atoms with Crippen LogP contribution in [0.4, 0.5) is 0 Å². The minimum Gasteiger partial charge on any atom is -0.0991 e. The molecule has 0 aromatic heterocycles. The zero-order chi connectivity index (χ0) is 13.7. The second-order valence-electron chi connectivity index (χ2n) is 4.98. The number of rotatable bonds is 4. The second kappa shape index (κ2) is 9.78. The summed E-state index contributed by atoms with van der Waals surface area (Å²) >= 11 is 0. The highest BCUT2D eigenvalue weighted by Gasteiger charge is 2.26. The average molecular weight is 296 g/mol. The van der Waals surface area contributed by atoms with Gasteiger partial charge in [0, 0.05) is 5.41 Å². The lowest BCUT2D eigenvalue weighted by Gasteiger charge is -2.29. The molecule has 0 saturated heterocycles. The summed E-state index contributed by atoms with van der Waals surface area (Å²) in [4.78, 5) is 0. The number of allylic oxidation sites excluding steroid dienone is 3. The molecule has 22 heavy (non-hydrogen) atoms. The van der Waals surface area contributed by atoms with Crippen LogP contribution in [0.3, 0.4) is 0 Å². The van der Waals surface area contributed by atoms with Gasteiger partial charge in [0.1, 0.15) is 0 Å². The first-order valence-electron chi connectivity index (χ1n) is 6.60. The van der Waals surface area contributed by atoms with Crippen LogP contribution >= 0.6 is 0 Å². The van der Waals surface area contributed by atoms with Gasteiger partial charge in [-0.15, -0.1) is 0 Å². The summed E-state index contributed by atoms with van der Waals surface area (Å²) in [6.07, 6.45) is 6.08. The Hall–Kier alpha value is -2.08. The standard InChI is InChI=1S/C19H20.3CH4/c1-4-5-15-19(3,17-12-7-6-8-13-17)18-14-10-9-11-16(18)2;;;/h4-15H,1H2,2-3H3;3*1H4/b15-5+;;;. The van der Waals surface area contributed by atoms with E-state index in [1.807, 2.05) is 12.2 Å². The van der Waals surface area contributed by atoms with Crippen molar-refractivity contribution in [2.24, 2.45) is 0 Å². The minimum atomic E-state index is -0.124. The molecule has 0 aliphatic heterocycles. The smallest absolute Gasteiger partial charge is 0.0359 e. The van der Waals surface area contributed by atoms with Gasteiger partial charge < -0.3 is 0 Å². The molecule has 0 fully saturated rings. The lowest BCUT2D eigenvalue weighted by molar-refractivity contribution is 0.717. The largest absolute Gasteiger partial charge is 0.0991 e. The van der Waals surface area contributed by atoms with Crippen molar-refractivity contribution in [3.05, 3.63) is 96.1 Å². The summed E-state index contributed by atoms with van der Waals surface area (Å²) in [5.41, 5.74) is 3.81. The predicted molar refractivity (Wildman–Crippen MR) is 104 cm³/mol. The molecule has 0 heterocycles. The van der Waals surface area contributed by atoms with E-state index in [2.05, 4.69) is 81.1 Å². The Labute approximate surface area is 138 Å². The van der Waals surface area contributed by atoms with Gasteiger partial charge in [0.25, 0.3) is 0 Å². The maximum Gasteiger partial charge on any atom is 0.0359 e. The lowest BCUT2D eigenvalue weighted by atomic mass is 9.74. The van der Waals surface area contributed by atoms with E-state index in [1.54, 1.807) is 0 Å². The molecule has 0 heteroatoms. The van der Waals surface area contributed by atoms with Crippen molar-refractivity contribution < 1.29 is 0 Å². The van der Waals surface area contributed by atoms with Crippen molar-refractivity contribution in [1.29, 1.82) is 0 Å². The lowest BCUT2D eigenvalue weighted by Crippen LogP contribution is -2.21. The highest BCUT2D eigenvalue weighted by molar-refractivity contribution is 5.47. The monoisotopic (exact) mass is 296 g/mol. The maximum atomic E-state index is 3.79. The summed E-state index contributed by atoms with van der Waals surface area (Å²) in [6.45, 7) is 8.21. The van der Waals surface area contributed by atoms with Gasteiger partial charge in [-0.2, -0.15) is 0 Å². The van der Waals surface area contributed by atoms with Crippen molar-refractivity contribution in [1.82, 2.24) is 0 Å². The van der Waals surface area contributed by atoms with Crippen LogP contribution in [-0.2, 0) is 5.41 Å². The quantitative estimate of drug-likeness (QED) is 0.535. The van der Waals surface area contributed by atoms with E-state index in [-0.39, 0.29) is 27.7 Å². The van der Waals surface area contributed by atoms with E-state index in [1.165, 1.54) is 16.7 Å². The molecule has 1 atom stereocenters. The highest BCUT2D eigenvalue weighted by Crippen LogP contribution is 2.35. The molecule has 0 aliphatic rings. The summed E-state index contributed by atoms with van der Waals surface area (Å²) in [5, 5.41) is 0. The van der Waals surface area contributed by atoms with Gasteiger partial charge in [-0.3, -0.25) is 0 Å². The van der Waals surface area contributed by atoms with Gasteiger partial charge in [0.05, 0.1) is 0 Å². The number of hydrogen-bond donors (Lipinski definition) is 0. The first kappa shape index (κ1) is 22.2. The number of aryl methyl sites for hydroxylation is 1. The van der Waals surface area contributed by atoms with Crippen LogP contribution < -0.4 is 0 Å². The van der Waals surface area contributed by atoms with Gasteiger partial charge in [0.2, 0.25) is 0 Å². The van der Waals surface area contributed by atoms with Gasteiger partial charge in [-0.25, -0.2) is 0 Å². The van der Waals surface area contributed by atoms with E-state index in [9.17, 15) is 0 Å². The molecule has 0 bridgehead atoms. The molecule has 0 N–H and O–H groups in total. The molecule has 2 aromatic rings. The van der Waals surface area contributed by atoms with E-state index in [0.717, 1.165) is 0 Å². The summed E-state index contributed by atoms with van der Waals surface area (Å²) in [5.74, 6) is 0. The molecule has 0 saturated carbocycles. The van der Waals surface area contributed by atoms with Crippen LogP contribution in [0.1, 0.15) is 45.9 Å². The van der Waals surface area contributed by atoms with Crippen molar-refractivity contribution in [2.45, 2.75) is 41.5 Å². The minimum absolute atomic E-state index is 0. The Morgan fingerprint density at radius 2 is 1.41 bits per heavy atom. The molecule has 0 spiro atoms. The summed E-state index contributed by atoms with van der Waals surface area (Å²) < 4.78 is 0. The van der Waals surface area contributed by atoms with Gasteiger partial charge in [0.15, 0.2) is 0 Å². The third kappa shape index (κ3) is 4.46. The van der Waals surface area contributed by atoms with Crippen LogP contribution in [0.2, 0.25) is 0 Å². The Balaban J connectivity index is 0. The molecule has 120 valence electrons.